The average Bonchev–Trinajstić information content (AvgIpc) is 3.07. The monoisotopic (exact) mass is 352 g/mol. The molecule has 0 bridgehead atoms. The Kier molecular flexibility index (Phi) is 9.08. The molecule has 2 fully saturated rings. The number of unbranched alkanes of at least 4 members (excludes halogenated alkanes) is 2. The molecule has 1 aliphatic heterocycles. The Morgan fingerprint density at radius 1 is 1.00 bits per heavy atom. The number of carbonyl (C=O) groups is 2. The quantitative estimate of drug-likeness (QED) is 0.558. The van der Waals surface area contributed by atoms with Crippen molar-refractivity contribution in [3.8, 4) is 0 Å². The second kappa shape index (κ2) is 11.3. The van der Waals surface area contributed by atoms with Gasteiger partial charge in [-0.2, -0.15) is 0 Å². The fraction of sp³-hybridized carbons (Fsp3) is 0.895. The first-order valence-corrected chi connectivity index (χ1v) is 10.2. The number of amides is 3. The highest BCUT2D eigenvalue weighted by Crippen LogP contribution is 2.19. The third-order valence-corrected chi connectivity index (χ3v) is 5.43. The Balaban J connectivity index is 1.48. The van der Waals surface area contributed by atoms with Crippen molar-refractivity contribution in [2.45, 2.75) is 82.7 Å². The number of nitrogens with zero attached hydrogens (tertiary/aromatic N) is 1. The van der Waals surface area contributed by atoms with Gasteiger partial charge in [-0.3, -0.25) is 4.79 Å². The lowest BCUT2D eigenvalue weighted by Gasteiger charge is -2.24. The molecular formula is C19H36N4O2. The van der Waals surface area contributed by atoms with E-state index in [1.54, 1.807) is 0 Å². The Morgan fingerprint density at radius 3 is 2.56 bits per heavy atom. The van der Waals surface area contributed by atoms with E-state index in [2.05, 4.69) is 16.0 Å². The molecule has 0 spiro atoms. The van der Waals surface area contributed by atoms with Gasteiger partial charge in [0.1, 0.15) is 0 Å². The van der Waals surface area contributed by atoms with Crippen molar-refractivity contribution in [3.63, 3.8) is 0 Å². The lowest BCUT2D eigenvalue weighted by Crippen LogP contribution is -2.43. The number of urea groups is 1. The van der Waals surface area contributed by atoms with Gasteiger partial charge in [0.05, 0.1) is 0 Å². The van der Waals surface area contributed by atoms with E-state index < -0.39 is 0 Å². The van der Waals surface area contributed by atoms with E-state index in [-0.39, 0.29) is 6.03 Å². The fourth-order valence-corrected chi connectivity index (χ4v) is 4.02. The molecule has 3 amide bonds. The predicted octanol–water partition coefficient (Wildman–Crippen LogP) is 2.39. The van der Waals surface area contributed by atoms with Crippen molar-refractivity contribution in [1.82, 2.24) is 20.9 Å². The van der Waals surface area contributed by atoms with E-state index in [1.807, 2.05) is 11.9 Å². The number of nitrogens with one attached hydrogen (secondary N) is 3. The van der Waals surface area contributed by atoms with Gasteiger partial charge in [-0.15, -0.1) is 0 Å². The van der Waals surface area contributed by atoms with E-state index in [4.69, 9.17) is 0 Å². The molecule has 25 heavy (non-hydrogen) atoms. The zero-order valence-electron chi connectivity index (χ0n) is 15.8. The molecule has 1 heterocycles. The first kappa shape index (κ1) is 20.0. The Morgan fingerprint density at radius 2 is 1.80 bits per heavy atom. The van der Waals surface area contributed by atoms with Crippen LogP contribution in [0.15, 0.2) is 0 Å². The zero-order chi connectivity index (χ0) is 17.9. The zero-order valence-corrected chi connectivity index (χ0v) is 15.8. The van der Waals surface area contributed by atoms with Crippen LogP contribution in [0.5, 0.6) is 0 Å². The van der Waals surface area contributed by atoms with Gasteiger partial charge >= 0.3 is 6.03 Å². The van der Waals surface area contributed by atoms with Crippen molar-refractivity contribution in [2.24, 2.45) is 0 Å². The fourth-order valence-electron chi connectivity index (χ4n) is 4.02. The molecule has 6 heteroatoms. The van der Waals surface area contributed by atoms with Gasteiger partial charge in [0.2, 0.25) is 5.91 Å². The van der Waals surface area contributed by atoms with Crippen LogP contribution in [0.2, 0.25) is 0 Å². The molecule has 0 aromatic heterocycles. The minimum absolute atomic E-state index is 0.0325. The minimum Gasteiger partial charge on any atom is -0.338 e. The third kappa shape index (κ3) is 7.22. The molecule has 0 radical (unpaired) electrons. The Bertz CT molecular complexity index is 410. The van der Waals surface area contributed by atoms with Crippen LogP contribution in [0.4, 0.5) is 4.79 Å². The molecule has 1 unspecified atom stereocenters. The van der Waals surface area contributed by atoms with Crippen molar-refractivity contribution in [2.75, 3.05) is 26.7 Å². The van der Waals surface area contributed by atoms with Crippen LogP contribution in [0.3, 0.4) is 0 Å². The van der Waals surface area contributed by atoms with Gasteiger partial charge in [-0.25, -0.2) is 4.79 Å². The highest BCUT2D eigenvalue weighted by molar-refractivity contribution is 5.76. The number of carbonyl (C=O) groups excluding carboxylic acids is 2. The third-order valence-electron chi connectivity index (χ3n) is 5.43. The lowest BCUT2D eigenvalue weighted by molar-refractivity contribution is -0.132. The Hall–Kier alpha value is -1.30. The van der Waals surface area contributed by atoms with Crippen molar-refractivity contribution in [3.05, 3.63) is 0 Å². The summed E-state index contributed by atoms with van der Waals surface area (Å²) in [5.74, 6) is 0.292. The van der Waals surface area contributed by atoms with Crippen LogP contribution < -0.4 is 16.0 Å². The maximum Gasteiger partial charge on any atom is 0.315 e. The molecule has 2 aliphatic rings. The number of likely N-dealkylation sites (N-methyl/N-ethyl adjacent to an activating group) is 1. The SMILES string of the molecule is CNCC1CCCN1C(=O)CCCCCNC(=O)NC1CCCCC1. The van der Waals surface area contributed by atoms with Gasteiger partial charge in [0.25, 0.3) is 0 Å². The number of rotatable bonds is 9. The summed E-state index contributed by atoms with van der Waals surface area (Å²) >= 11 is 0. The first-order valence-electron chi connectivity index (χ1n) is 10.2. The van der Waals surface area contributed by atoms with E-state index in [9.17, 15) is 9.59 Å². The van der Waals surface area contributed by atoms with E-state index in [0.29, 0.717) is 31.0 Å². The first-order chi connectivity index (χ1) is 12.2. The predicted molar refractivity (Wildman–Crippen MR) is 101 cm³/mol. The van der Waals surface area contributed by atoms with Crippen LogP contribution in [-0.2, 0) is 4.79 Å². The van der Waals surface area contributed by atoms with Crippen molar-refractivity contribution < 1.29 is 9.59 Å². The number of hydrogen-bond acceptors (Lipinski definition) is 3. The average molecular weight is 353 g/mol. The molecular weight excluding hydrogens is 316 g/mol. The molecule has 0 aromatic rings. The largest absolute Gasteiger partial charge is 0.338 e. The molecule has 3 N–H and O–H groups in total. The van der Waals surface area contributed by atoms with Crippen LogP contribution in [-0.4, -0.2) is 55.6 Å². The van der Waals surface area contributed by atoms with E-state index >= 15 is 0 Å². The van der Waals surface area contributed by atoms with Crippen LogP contribution in [0.1, 0.15) is 70.6 Å². The smallest absolute Gasteiger partial charge is 0.315 e. The van der Waals surface area contributed by atoms with Crippen LogP contribution in [0, 0.1) is 0 Å². The highest BCUT2D eigenvalue weighted by atomic mass is 16.2. The summed E-state index contributed by atoms with van der Waals surface area (Å²) in [5.41, 5.74) is 0. The highest BCUT2D eigenvalue weighted by Gasteiger charge is 2.27. The molecule has 1 aliphatic carbocycles. The van der Waals surface area contributed by atoms with Gasteiger partial charge in [-0.1, -0.05) is 25.7 Å². The Labute approximate surface area is 152 Å². The topological polar surface area (TPSA) is 73.5 Å². The normalized spacial score (nSPS) is 21.3. The summed E-state index contributed by atoms with van der Waals surface area (Å²) in [4.78, 5) is 26.2. The lowest BCUT2D eigenvalue weighted by atomic mass is 9.96. The molecule has 0 aromatic carbocycles. The second-order valence-electron chi connectivity index (χ2n) is 7.49. The molecule has 6 nitrogen and oxygen atoms in total. The van der Waals surface area contributed by atoms with Gasteiger partial charge in [0.15, 0.2) is 0 Å². The summed E-state index contributed by atoms with van der Waals surface area (Å²) in [6.45, 7) is 2.50. The van der Waals surface area contributed by atoms with Crippen molar-refractivity contribution >= 4 is 11.9 Å². The van der Waals surface area contributed by atoms with Crippen LogP contribution >= 0.6 is 0 Å². The maximum absolute atomic E-state index is 12.3. The van der Waals surface area contributed by atoms with Crippen LogP contribution in [0.25, 0.3) is 0 Å². The van der Waals surface area contributed by atoms with Crippen molar-refractivity contribution in [1.29, 1.82) is 0 Å². The van der Waals surface area contributed by atoms with Gasteiger partial charge in [0, 0.05) is 38.1 Å². The summed E-state index contributed by atoms with van der Waals surface area (Å²) < 4.78 is 0. The molecule has 1 saturated heterocycles. The van der Waals surface area contributed by atoms with E-state index in [0.717, 1.165) is 58.0 Å². The summed E-state index contributed by atoms with van der Waals surface area (Å²) in [6.07, 6.45) is 11.7. The molecule has 1 saturated carbocycles. The summed E-state index contributed by atoms with van der Waals surface area (Å²) in [7, 11) is 1.94. The molecule has 144 valence electrons. The molecule has 2 rings (SSSR count). The summed E-state index contributed by atoms with van der Waals surface area (Å²) in [5, 5.41) is 9.19. The molecule has 1 atom stereocenters. The maximum atomic E-state index is 12.3. The minimum atomic E-state index is -0.0325. The van der Waals surface area contributed by atoms with Gasteiger partial charge in [-0.05, 0) is 45.6 Å². The number of likely N-dealkylation sites (tertiary alicyclic amines) is 1. The van der Waals surface area contributed by atoms with Gasteiger partial charge < -0.3 is 20.9 Å². The number of hydrogen-bond donors (Lipinski definition) is 3. The summed E-state index contributed by atoms with van der Waals surface area (Å²) in [6, 6.07) is 0.704. The van der Waals surface area contributed by atoms with E-state index in [1.165, 1.54) is 19.3 Å². The second-order valence-corrected chi connectivity index (χ2v) is 7.49. The standard InChI is InChI=1S/C19H36N4O2/c1-20-15-17-11-8-14-23(17)18(24)12-6-3-7-13-21-19(25)22-16-9-4-2-5-10-16/h16-17,20H,2-15H2,1H3,(H2,21,22,25).